The van der Waals surface area contributed by atoms with Crippen LogP contribution in [0.1, 0.15) is 19.5 Å². The second kappa shape index (κ2) is 3.49. The molecule has 0 aliphatic carbocycles. The van der Waals surface area contributed by atoms with Crippen LogP contribution in [0.5, 0.6) is 0 Å². The van der Waals surface area contributed by atoms with Gasteiger partial charge in [-0.3, -0.25) is 0 Å². The maximum atomic E-state index is 4.30. The number of aryl methyl sites for hydroxylation is 1. The molecule has 0 saturated carbocycles. The topological polar surface area (TPSA) is 46.3 Å². The molecule has 80 valence electrons. The molecule has 0 unspecified atom stereocenters. The van der Waals surface area contributed by atoms with E-state index in [1.807, 2.05) is 20.0 Å². The molecule has 2 rings (SSSR count). The van der Waals surface area contributed by atoms with Gasteiger partial charge in [0.25, 0.3) is 5.78 Å². The van der Waals surface area contributed by atoms with Crippen molar-refractivity contribution < 1.29 is 0 Å². The molecule has 0 atom stereocenters. The molecule has 0 amide bonds. The van der Waals surface area contributed by atoms with Crippen molar-refractivity contribution in [1.29, 1.82) is 0 Å². The van der Waals surface area contributed by atoms with Gasteiger partial charge in [-0.15, -0.1) is 0 Å². The Labute approximate surface area is 88.8 Å². The average molecular weight is 205 g/mol. The molecular weight excluding hydrogens is 190 g/mol. The molecule has 0 aromatic carbocycles. The molecule has 5 nitrogen and oxygen atoms in total. The van der Waals surface area contributed by atoms with E-state index in [9.17, 15) is 0 Å². The Morgan fingerprint density at radius 2 is 2.13 bits per heavy atom. The molecule has 15 heavy (non-hydrogen) atoms. The predicted molar refractivity (Wildman–Crippen MR) is 59.1 cm³/mol. The van der Waals surface area contributed by atoms with Gasteiger partial charge in [0.05, 0.1) is 0 Å². The summed E-state index contributed by atoms with van der Waals surface area (Å²) in [6, 6.07) is 2.43. The van der Waals surface area contributed by atoms with Crippen LogP contribution in [0.25, 0.3) is 5.78 Å². The molecule has 0 bridgehead atoms. The van der Waals surface area contributed by atoms with E-state index in [-0.39, 0.29) is 0 Å². The molecule has 5 heteroatoms. The highest BCUT2D eigenvalue weighted by Crippen LogP contribution is 2.16. The van der Waals surface area contributed by atoms with Gasteiger partial charge in [0.1, 0.15) is 12.1 Å². The van der Waals surface area contributed by atoms with Crippen molar-refractivity contribution in [2.75, 3.05) is 11.9 Å². The maximum Gasteiger partial charge on any atom is 0.254 e. The highest BCUT2D eigenvalue weighted by Gasteiger charge is 2.11. The van der Waals surface area contributed by atoms with Crippen LogP contribution in [-0.2, 0) is 0 Å². The van der Waals surface area contributed by atoms with Crippen LogP contribution >= 0.6 is 0 Å². The molecule has 0 N–H and O–H groups in total. The molecule has 2 aromatic rings. The van der Waals surface area contributed by atoms with Gasteiger partial charge in [0.15, 0.2) is 0 Å². The van der Waals surface area contributed by atoms with E-state index in [4.69, 9.17) is 0 Å². The number of rotatable bonds is 2. The number of hydrogen-bond acceptors (Lipinski definition) is 4. The lowest BCUT2D eigenvalue weighted by molar-refractivity contribution is 0.721. The Hall–Kier alpha value is -1.65. The van der Waals surface area contributed by atoms with Crippen LogP contribution in [0.3, 0.4) is 0 Å². The Balaban J connectivity index is 2.62. The Kier molecular flexibility index (Phi) is 2.30. The number of fused-ring (bicyclic) bond motifs is 1. The first-order valence-electron chi connectivity index (χ1n) is 5.00. The van der Waals surface area contributed by atoms with Gasteiger partial charge in [-0.05, 0) is 20.8 Å². The smallest absolute Gasteiger partial charge is 0.254 e. The van der Waals surface area contributed by atoms with Crippen LogP contribution < -0.4 is 4.90 Å². The molecule has 0 radical (unpaired) electrons. The first-order chi connectivity index (χ1) is 7.09. The molecular formula is C10H15N5. The van der Waals surface area contributed by atoms with Crippen molar-refractivity contribution in [2.45, 2.75) is 26.8 Å². The van der Waals surface area contributed by atoms with Gasteiger partial charge in [-0.25, -0.2) is 4.98 Å². The van der Waals surface area contributed by atoms with Crippen molar-refractivity contribution in [3.05, 3.63) is 18.1 Å². The summed E-state index contributed by atoms with van der Waals surface area (Å²) in [6.07, 6.45) is 1.53. The SMILES string of the molecule is Cc1cc(N(C)C(C)C)n2ncnc2n1. The minimum Gasteiger partial charge on any atom is -0.357 e. The molecule has 0 spiro atoms. The lowest BCUT2D eigenvalue weighted by Gasteiger charge is -2.23. The molecule has 0 aliphatic rings. The number of nitrogens with zero attached hydrogens (tertiary/aromatic N) is 5. The summed E-state index contributed by atoms with van der Waals surface area (Å²) in [4.78, 5) is 10.5. The third-order valence-electron chi connectivity index (χ3n) is 2.50. The summed E-state index contributed by atoms with van der Waals surface area (Å²) < 4.78 is 1.76. The Morgan fingerprint density at radius 3 is 2.80 bits per heavy atom. The van der Waals surface area contributed by atoms with Gasteiger partial charge in [-0.2, -0.15) is 14.6 Å². The minimum absolute atomic E-state index is 0.416. The zero-order valence-electron chi connectivity index (χ0n) is 9.47. The average Bonchev–Trinajstić information content (AvgIpc) is 2.62. The van der Waals surface area contributed by atoms with Gasteiger partial charge < -0.3 is 4.90 Å². The van der Waals surface area contributed by atoms with E-state index in [1.165, 1.54) is 6.33 Å². The van der Waals surface area contributed by atoms with Crippen LogP contribution in [0, 0.1) is 6.92 Å². The quantitative estimate of drug-likeness (QED) is 0.741. The Morgan fingerprint density at radius 1 is 1.40 bits per heavy atom. The van der Waals surface area contributed by atoms with Crippen molar-refractivity contribution in [3.8, 4) is 0 Å². The van der Waals surface area contributed by atoms with Gasteiger partial charge >= 0.3 is 0 Å². The fourth-order valence-electron chi connectivity index (χ4n) is 1.43. The Bertz CT molecular complexity index is 474. The van der Waals surface area contributed by atoms with E-state index >= 15 is 0 Å². The van der Waals surface area contributed by atoms with Gasteiger partial charge in [0, 0.05) is 24.8 Å². The predicted octanol–water partition coefficient (Wildman–Crippen LogP) is 1.28. The van der Waals surface area contributed by atoms with Crippen LogP contribution in [-0.4, -0.2) is 32.7 Å². The standard InChI is InChI=1S/C10H15N5/c1-7(2)14(4)9-5-8(3)13-10-11-6-12-15(9)10/h5-7H,1-4H3. The van der Waals surface area contributed by atoms with Crippen LogP contribution in [0.2, 0.25) is 0 Å². The number of hydrogen-bond donors (Lipinski definition) is 0. The minimum atomic E-state index is 0.416. The molecule has 0 saturated heterocycles. The highest BCUT2D eigenvalue weighted by atomic mass is 15.4. The fraction of sp³-hybridized carbons (Fsp3) is 0.500. The van der Waals surface area contributed by atoms with E-state index in [0.717, 1.165) is 11.5 Å². The maximum absolute atomic E-state index is 4.30. The van der Waals surface area contributed by atoms with E-state index < -0.39 is 0 Å². The van der Waals surface area contributed by atoms with E-state index in [1.54, 1.807) is 4.52 Å². The molecule has 0 fully saturated rings. The van der Waals surface area contributed by atoms with Crippen LogP contribution in [0.4, 0.5) is 5.82 Å². The largest absolute Gasteiger partial charge is 0.357 e. The zero-order valence-corrected chi connectivity index (χ0v) is 9.47. The van der Waals surface area contributed by atoms with Crippen molar-refractivity contribution in [2.24, 2.45) is 0 Å². The second-order valence-corrected chi connectivity index (χ2v) is 3.93. The summed E-state index contributed by atoms with van der Waals surface area (Å²) in [7, 11) is 2.04. The van der Waals surface area contributed by atoms with E-state index in [0.29, 0.717) is 11.8 Å². The van der Waals surface area contributed by atoms with Crippen molar-refractivity contribution in [1.82, 2.24) is 19.6 Å². The monoisotopic (exact) mass is 205 g/mol. The first kappa shape index (κ1) is 9.89. The summed E-state index contributed by atoms with van der Waals surface area (Å²) >= 11 is 0. The second-order valence-electron chi connectivity index (χ2n) is 3.93. The fourth-order valence-corrected chi connectivity index (χ4v) is 1.43. The third kappa shape index (κ3) is 1.65. The zero-order chi connectivity index (χ0) is 11.0. The lowest BCUT2D eigenvalue weighted by atomic mass is 10.3. The van der Waals surface area contributed by atoms with Gasteiger partial charge in [-0.1, -0.05) is 0 Å². The van der Waals surface area contributed by atoms with Crippen molar-refractivity contribution in [3.63, 3.8) is 0 Å². The first-order valence-corrected chi connectivity index (χ1v) is 5.00. The number of anilines is 1. The van der Waals surface area contributed by atoms with E-state index in [2.05, 4.69) is 33.8 Å². The summed E-state index contributed by atoms with van der Waals surface area (Å²) in [5, 5.41) is 4.16. The van der Waals surface area contributed by atoms with Crippen molar-refractivity contribution >= 4 is 11.6 Å². The molecule has 2 aromatic heterocycles. The highest BCUT2D eigenvalue weighted by molar-refractivity contribution is 5.46. The summed E-state index contributed by atoms with van der Waals surface area (Å²) in [5.41, 5.74) is 0.956. The summed E-state index contributed by atoms with van der Waals surface area (Å²) in [5.74, 6) is 1.67. The molecule has 0 aliphatic heterocycles. The molecule has 2 heterocycles. The number of aromatic nitrogens is 4. The third-order valence-corrected chi connectivity index (χ3v) is 2.50. The summed E-state index contributed by atoms with van der Waals surface area (Å²) in [6.45, 7) is 6.24. The lowest BCUT2D eigenvalue weighted by Crippen LogP contribution is -2.28. The van der Waals surface area contributed by atoms with Gasteiger partial charge in [0.2, 0.25) is 0 Å². The van der Waals surface area contributed by atoms with Crippen LogP contribution in [0.15, 0.2) is 12.4 Å². The normalized spacial score (nSPS) is 11.3.